The van der Waals surface area contributed by atoms with Crippen molar-refractivity contribution in [3.8, 4) is 5.75 Å². The van der Waals surface area contributed by atoms with Crippen molar-refractivity contribution in [1.29, 1.82) is 0 Å². The van der Waals surface area contributed by atoms with Crippen LogP contribution in [0.2, 0.25) is 0 Å². The van der Waals surface area contributed by atoms with E-state index in [0.29, 0.717) is 24.5 Å². The Morgan fingerprint density at radius 2 is 1.95 bits per heavy atom. The molecule has 0 aliphatic carbocycles. The number of ether oxygens (including phenoxy) is 1. The number of fused-ring (bicyclic) bond motifs is 1. The molecule has 1 N–H and O–H groups in total. The lowest BCUT2D eigenvalue weighted by molar-refractivity contribution is 0.0963. The maximum absolute atomic E-state index is 12.8. The van der Waals surface area contributed by atoms with Gasteiger partial charge in [0.1, 0.15) is 5.75 Å². The number of Topliss-reactive ketones (excluding diaryl/α,β-unsaturated/α-hetero) is 1. The molecule has 1 atom stereocenters. The Morgan fingerprint density at radius 3 is 2.80 bits per heavy atom. The summed E-state index contributed by atoms with van der Waals surface area (Å²) < 4.78 is 5.56. The Kier molecular flexibility index (Phi) is 3.42. The van der Waals surface area contributed by atoms with Gasteiger partial charge in [-0.25, -0.2) is 0 Å². The largest absolute Gasteiger partial charge is 0.493 e. The van der Waals surface area contributed by atoms with Crippen molar-refractivity contribution in [2.75, 3.05) is 18.5 Å². The molecule has 0 saturated carbocycles. The van der Waals surface area contributed by atoms with Crippen molar-refractivity contribution >= 4 is 11.5 Å². The van der Waals surface area contributed by atoms with Crippen LogP contribution in [0.25, 0.3) is 0 Å². The van der Waals surface area contributed by atoms with Gasteiger partial charge in [0.15, 0.2) is 5.78 Å². The van der Waals surface area contributed by atoms with Gasteiger partial charge in [0.05, 0.1) is 18.1 Å². The molecule has 1 aliphatic rings. The quantitative estimate of drug-likeness (QED) is 0.862. The molecule has 0 spiro atoms. The first-order valence-electron chi connectivity index (χ1n) is 6.90. The lowest BCUT2D eigenvalue weighted by atomic mass is 9.92. The smallest absolute Gasteiger partial charge is 0.175 e. The number of hydrogen-bond donors (Lipinski definition) is 1. The van der Waals surface area contributed by atoms with Crippen molar-refractivity contribution < 1.29 is 9.53 Å². The lowest BCUT2D eigenvalue weighted by Gasteiger charge is -2.13. The Morgan fingerprint density at radius 1 is 1.20 bits per heavy atom. The van der Waals surface area contributed by atoms with Gasteiger partial charge >= 0.3 is 0 Å². The minimum absolute atomic E-state index is 0.117. The maximum Gasteiger partial charge on any atom is 0.175 e. The SMILES string of the molecule is CCOc1ccccc1C(=O)C1CNc2ccccc21. The van der Waals surface area contributed by atoms with Crippen LogP contribution in [-0.2, 0) is 0 Å². The highest BCUT2D eigenvalue weighted by Gasteiger charge is 2.30. The summed E-state index contributed by atoms with van der Waals surface area (Å²) in [6.07, 6.45) is 0. The number of hydrogen-bond acceptors (Lipinski definition) is 3. The molecule has 3 rings (SSSR count). The van der Waals surface area contributed by atoms with Crippen molar-refractivity contribution in [3.63, 3.8) is 0 Å². The molecule has 0 radical (unpaired) electrons. The van der Waals surface area contributed by atoms with Gasteiger partial charge in [-0.15, -0.1) is 0 Å². The highest BCUT2D eigenvalue weighted by molar-refractivity contribution is 6.05. The molecule has 0 saturated heterocycles. The Hall–Kier alpha value is -2.29. The van der Waals surface area contributed by atoms with Crippen LogP contribution in [0.1, 0.15) is 28.8 Å². The van der Waals surface area contributed by atoms with Crippen molar-refractivity contribution in [1.82, 2.24) is 0 Å². The van der Waals surface area contributed by atoms with Crippen LogP contribution < -0.4 is 10.1 Å². The number of para-hydroxylation sites is 2. The van der Waals surface area contributed by atoms with Crippen molar-refractivity contribution in [2.24, 2.45) is 0 Å². The molecule has 2 aromatic rings. The first kappa shape index (κ1) is 12.7. The maximum atomic E-state index is 12.8. The van der Waals surface area contributed by atoms with Crippen LogP contribution in [0, 0.1) is 0 Å². The fourth-order valence-corrected chi connectivity index (χ4v) is 2.66. The Bertz CT molecular complexity index is 636. The zero-order valence-corrected chi connectivity index (χ0v) is 11.4. The second-order valence-electron chi connectivity index (χ2n) is 4.81. The molecule has 102 valence electrons. The number of ketones is 1. The number of benzene rings is 2. The van der Waals surface area contributed by atoms with Gasteiger partial charge in [0, 0.05) is 12.2 Å². The molecule has 3 nitrogen and oxygen atoms in total. The van der Waals surface area contributed by atoms with Gasteiger partial charge in [-0.05, 0) is 30.7 Å². The normalized spacial score (nSPS) is 16.4. The first-order chi connectivity index (χ1) is 9.81. The van der Waals surface area contributed by atoms with Crippen LogP contribution in [-0.4, -0.2) is 18.9 Å². The predicted octanol–water partition coefficient (Wildman–Crippen LogP) is 3.48. The van der Waals surface area contributed by atoms with E-state index in [4.69, 9.17) is 4.74 Å². The predicted molar refractivity (Wildman–Crippen MR) is 79.6 cm³/mol. The van der Waals surface area contributed by atoms with E-state index in [1.54, 1.807) is 0 Å². The summed E-state index contributed by atoms with van der Waals surface area (Å²) in [6, 6.07) is 15.4. The summed E-state index contributed by atoms with van der Waals surface area (Å²) in [5, 5.41) is 3.29. The second-order valence-corrected chi connectivity index (χ2v) is 4.81. The third kappa shape index (κ3) is 2.16. The summed E-state index contributed by atoms with van der Waals surface area (Å²) in [5.74, 6) is 0.656. The van der Waals surface area contributed by atoms with E-state index in [2.05, 4.69) is 5.32 Å². The van der Waals surface area contributed by atoms with Crippen molar-refractivity contribution in [3.05, 3.63) is 59.7 Å². The fourth-order valence-electron chi connectivity index (χ4n) is 2.66. The van der Waals surface area contributed by atoms with Gasteiger partial charge in [0.2, 0.25) is 0 Å². The highest BCUT2D eigenvalue weighted by Crippen LogP contribution is 2.35. The molecule has 20 heavy (non-hydrogen) atoms. The van der Waals surface area contributed by atoms with E-state index >= 15 is 0 Å². The lowest BCUT2D eigenvalue weighted by Crippen LogP contribution is -2.16. The molecule has 0 aromatic heterocycles. The molecule has 0 bridgehead atoms. The molecule has 1 unspecified atom stereocenters. The first-order valence-corrected chi connectivity index (χ1v) is 6.90. The Labute approximate surface area is 118 Å². The van der Waals surface area contributed by atoms with Crippen LogP contribution in [0.4, 0.5) is 5.69 Å². The third-order valence-electron chi connectivity index (χ3n) is 3.60. The molecule has 1 heterocycles. The van der Waals surface area contributed by atoms with Gasteiger partial charge in [-0.3, -0.25) is 4.79 Å². The fraction of sp³-hybridized carbons (Fsp3) is 0.235. The summed E-state index contributed by atoms with van der Waals surface area (Å²) >= 11 is 0. The number of carbonyl (C=O) groups excluding carboxylic acids is 1. The molecule has 0 amide bonds. The van der Waals surface area contributed by atoms with Crippen LogP contribution in [0.5, 0.6) is 5.75 Å². The van der Waals surface area contributed by atoms with E-state index < -0.39 is 0 Å². The molecule has 1 aliphatic heterocycles. The van der Waals surface area contributed by atoms with Crippen LogP contribution in [0.15, 0.2) is 48.5 Å². The third-order valence-corrected chi connectivity index (χ3v) is 3.60. The monoisotopic (exact) mass is 267 g/mol. The summed E-state index contributed by atoms with van der Waals surface area (Å²) in [6.45, 7) is 3.14. The molecular formula is C17H17NO2. The minimum atomic E-state index is -0.132. The summed E-state index contributed by atoms with van der Waals surface area (Å²) in [5.41, 5.74) is 2.79. The van der Waals surface area contributed by atoms with Gasteiger partial charge in [0.25, 0.3) is 0 Å². The standard InChI is InChI=1S/C17H17NO2/c1-2-20-16-10-6-4-8-13(16)17(19)14-11-18-15-9-5-3-7-12(14)15/h3-10,14,18H,2,11H2,1H3. The average Bonchev–Trinajstić information content (AvgIpc) is 2.91. The van der Waals surface area contributed by atoms with E-state index in [1.165, 1.54) is 0 Å². The Balaban J connectivity index is 1.95. The van der Waals surface area contributed by atoms with Gasteiger partial charge < -0.3 is 10.1 Å². The van der Waals surface area contributed by atoms with Crippen molar-refractivity contribution in [2.45, 2.75) is 12.8 Å². The number of rotatable bonds is 4. The molecule has 3 heteroatoms. The highest BCUT2D eigenvalue weighted by atomic mass is 16.5. The van der Waals surface area contributed by atoms with E-state index in [-0.39, 0.29) is 11.7 Å². The number of anilines is 1. The van der Waals surface area contributed by atoms with E-state index in [0.717, 1.165) is 11.3 Å². The number of carbonyl (C=O) groups is 1. The molecular weight excluding hydrogens is 250 g/mol. The molecule has 0 fully saturated rings. The van der Waals surface area contributed by atoms with Crippen LogP contribution >= 0.6 is 0 Å². The van der Waals surface area contributed by atoms with Crippen LogP contribution in [0.3, 0.4) is 0 Å². The average molecular weight is 267 g/mol. The zero-order valence-electron chi connectivity index (χ0n) is 11.4. The van der Waals surface area contributed by atoms with Gasteiger partial charge in [-0.1, -0.05) is 30.3 Å². The molecule has 2 aromatic carbocycles. The van der Waals surface area contributed by atoms with E-state index in [9.17, 15) is 4.79 Å². The minimum Gasteiger partial charge on any atom is -0.493 e. The topological polar surface area (TPSA) is 38.3 Å². The van der Waals surface area contributed by atoms with Gasteiger partial charge in [-0.2, -0.15) is 0 Å². The summed E-state index contributed by atoms with van der Waals surface area (Å²) in [4.78, 5) is 12.8. The summed E-state index contributed by atoms with van der Waals surface area (Å²) in [7, 11) is 0. The number of nitrogens with one attached hydrogen (secondary N) is 1. The van der Waals surface area contributed by atoms with E-state index in [1.807, 2.05) is 55.5 Å². The second kappa shape index (κ2) is 5.37. The zero-order chi connectivity index (χ0) is 13.9.